The highest BCUT2D eigenvalue weighted by Gasteiger charge is 2.11. The van der Waals surface area contributed by atoms with E-state index >= 15 is 0 Å². The van der Waals surface area contributed by atoms with Gasteiger partial charge in [0.1, 0.15) is 11.6 Å². The first kappa shape index (κ1) is 19.7. The number of halogens is 1. The zero-order valence-electron chi connectivity index (χ0n) is 16.4. The summed E-state index contributed by atoms with van der Waals surface area (Å²) >= 11 is 0. The molecule has 0 spiro atoms. The normalized spacial score (nSPS) is 11.0. The van der Waals surface area contributed by atoms with Crippen molar-refractivity contribution in [2.45, 2.75) is 19.3 Å². The van der Waals surface area contributed by atoms with Gasteiger partial charge in [0.25, 0.3) is 0 Å². The summed E-state index contributed by atoms with van der Waals surface area (Å²) in [5, 5.41) is 10.1. The van der Waals surface area contributed by atoms with E-state index in [1.54, 1.807) is 12.1 Å². The first-order valence-electron chi connectivity index (χ1n) is 9.88. The molecule has 152 valence electrons. The summed E-state index contributed by atoms with van der Waals surface area (Å²) in [4.78, 5) is 14.1. The van der Waals surface area contributed by atoms with E-state index in [2.05, 4.69) is 11.1 Å². The molecule has 4 rings (SSSR count). The summed E-state index contributed by atoms with van der Waals surface area (Å²) in [6.07, 6.45) is 2.88. The summed E-state index contributed by atoms with van der Waals surface area (Å²) < 4.78 is 19.9. The molecule has 0 amide bonds. The Morgan fingerprint density at radius 2 is 1.87 bits per heavy atom. The highest BCUT2D eigenvalue weighted by molar-refractivity contribution is 5.86. The summed E-state index contributed by atoms with van der Waals surface area (Å²) in [5.41, 5.74) is 4.48. The minimum atomic E-state index is -0.824. The van der Waals surface area contributed by atoms with E-state index in [0.29, 0.717) is 30.8 Å². The molecule has 0 aliphatic carbocycles. The molecule has 0 radical (unpaired) electrons. The van der Waals surface area contributed by atoms with Gasteiger partial charge in [-0.25, -0.2) is 4.39 Å². The molecule has 3 aromatic carbocycles. The molecule has 4 nitrogen and oxygen atoms in total. The van der Waals surface area contributed by atoms with Gasteiger partial charge < -0.3 is 14.8 Å². The van der Waals surface area contributed by atoms with Crippen LogP contribution in [0.25, 0.3) is 22.0 Å². The lowest BCUT2D eigenvalue weighted by atomic mass is 9.99. The number of carboxylic acid groups (broad SMARTS) is 1. The largest absolute Gasteiger partial charge is 0.493 e. The van der Waals surface area contributed by atoms with Crippen LogP contribution in [0.5, 0.6) is 5.75 Å². The van der Waals surface area contributed by atoms with Crippen LogP contribution in [0.4, 0.5) is 4.39 Å². The number of nitrogens with one attached hydrogen (secondary N) is 1. The fourth-order valence-electron chi connectivity index (χ4n) is 3.53. The van der Waals surface area contributed by atoms with Gasteiger partial charge in [-0.15, -0.1) is 0 Å². The lowest BCUT2D eigenvalue weighted by molar-refractivity contribution is -0.136. The van der Waals surface area contributed by atoms with E-state index in [4.69, 9.17) is 9.84 Å². The number of ether oxygens (including phenoxy) is 1. The average Bonchev–Trinajstić information content (AvgIpc) is 3.22. The molecule has 5 heteroatoms. The Kier molecular flexibility index (Phi) is 5.80. The van der Waals surface area contributed by atoms with Crippen molar-refractivity contribution in [3.63, 3.8) is 0 Å². The Hall–Kier alpha value is -3.60. The summed E-state index contributed by atoms with van der Waals surface area (Å²) in [5.74, 6) is -0.362. The predicted octanol–water partition coefficient (Wildman–Crippen LogP) is 5.61. The SMILES string of the molecule is O=C(O)CCc1ccc(OCCc2ccccc2F)c(-c2ccc3[nH]ccc3c2)c1. The first-order chi connectivity index (χ1) is 14.6. The van der Waals surface area contributed by atoms with Gasteiger partial charge in [0.05, 0.1) is 6.61 Å². The van der Waals surface area contributed by atoms with Crippen LogP contribution < -0.4 is 4.74 Å². The van der Waals surface area contributed by atoms with Crippen LogP contribution in [-0.2, 0) is 17.6 Å². The number of aromatic amines is 1. The third-order valence-corrected chi connectivity index (χ3v) is 5.12. The monoisotopic (exact) mass is 403 g/mol. The van der Waals surface area contributed by atoms with Crippen molar-refractivity contribution < 1.29 is 19.0 Å². The van der Waals surface area contributed by atoms with E-state index in [-0.39, 0.29) is 12.2 Å². The van der Waals surface area contributed by atoms with Crippen LogP contribution in [0.3, 0.4) is 0 Å². The van der Waals surface area contributed by atoms with Crippen LogP contribution >= 0.6 is 0 Å². The Labute approximate surface area is 173 Å². The number of carbonyl (C=O) groups is 1. The summed E-state index contributed by atoms with van der Waals surface area (Å²) in [6, 6.07) is 20.5. The number of rotatable bonds is 8. The van der Waals surface area contributed by atoms with E-state index < -0.39 is 5.97 Å². The number of benzene rings is 3. The van der Waals surface area contributed by atoms with Crippen LogP contribution in [0.15, 0.2) is 72.9 Å². The molecular weight excluding hydrogens is 381 g/mol. The van der Waals surface area contributed by atoms with Crippen molar-refractivity contribution >= 4 is 16.9 Å². The smallest absolute Gasteiger partial charge is 0.303 e. The maximum Gasteiger partial charge on any atom is 0.303 e. The molecule has 4 aromatic rings. The van der Waals surface area contributed by atoms with Gasteiger partial charge in [0, 0.05) is 30.1 Å². The Morgan fingerprint density at radius 1 is 1.00 bits per heavy atom. The molecule has 0 unspecified atom stereocenters. The van der Waals surface area contributed by atoms with Gasteiger partial charge in [0.15, 0.2) is 0 Å². The maximum absolute atomic E-state index is 13.9. The van der Waals surface area contributed by atoms with Gasteiger partial charge in [-0.3, -0.25) is 4.79 Å². The first-order valence-corrected chi connectivity index (χ1v) is 9.88. The van der Waals surface area contributed by atoms with Crippen molar-refractivity contribution in [3.05, 3.63) is 89.9 Å². The predicted molar refractivity (Wildman–Crippen MR) is 115 cm³/mol. The van der Waals surface area contributed by atoms with E-state index in [1.807, 2.05) is 48.7 Å². The number of aromatic nitrogens is 1. The van der Waals surface area contributed by atoms with Crippen molar-refractivity contribution in [2.24, 2.45) is 0 Å². The van der Waals surface area contributed by atoms with Gasteiger partial charge in [-0.1, -0.05) is 30.3 Å². The third-order valence-electron chi connectivity index (χ3n) is 5.12. The molecule has 0 saturated heterocycles. The topological polar surface area (TPSA) is 62.3 Å². The molecular formula is C25H22FNO3. The maximum atomic E-state index is 13.9. The summed E-state index contributed by atoms with van der Waals surface area (Å²) in [6.45, 7) is 0.342. The number of H-pyrrole nitrogens is 1. The fourth-order valence-corrected chi connectivity index (χ4v) is 3.53. The van der Waals surface area contributed by atoms with Gasteiger partial charge in [0.2, 0.25) is 0 Å². The van der Waals surface area contributed by atoms with Crippen molar-refractivity contribution in [2.75, 3.05) is 6.61 Å². The molecule has 0 bridgehead atoms. The molecule has 2 N–H and O–H groups in total. The lowest BCUT2D eigenvalue weighted by Gasteiger charge is -2.14. The molecule has 1 aromatic heterocycles. The number of hydrogen-bond donors (Lipinski definition) is 2. The Morgan fingerprint density at radius 3 is 2.70 bits per heavy atom. The second-order valence-corrected chi connectivity index (χ2v) is 7.19. The van der Waals surface area contributed by atoms with E-state index in [9.17, 15) is 9.18 Å². The molecule has 0 fully saturated rings. The number of aryl methyl sites for hydroxylation is 1. The minimum Gasteiger partial charge on any atom is -0.493 e. The Bertz CT molecular complexity index is 1180. The van der Waals surface area contributed by atoms with Gasteiger partial charge in [-0.2, -0.15) is 0 Å². The van der Waals surface area contributed by atoms with E-state index in [1.165, 1.54) is 6.07 Å². The highest BCUT2D eigenvalue weighted by atomic mass is 19.1. The standard InChI is InChI=1S/C25H22FNO3/c26-22-4-2-1-3-18(22)12-14-30-24-9-5-17(6-10-25(28)29)15-21(24)19-7-8-23-20(16-19)11-13-27-23/h1-5,7-9,11,13,15-16,27H,6,10,12,14H2,(H,28,29). The summed E-state index contributed by atoms with van der Waals surface area (Å²) in [7, 11) is 0. The molecule has 0 aliphatic rings. The zero-order chi connectivity index (χ0) is 20.9. The molecule has 1 heterocycles. The second kappa shape index (κ2) is 8.82. The van der Waals surface area contributed by atoms with E-state index in [0.717, 1.165) is 27.6 Å². The Balaban J connectivity index is 1.61. The number of aliphatic carboxylic acids is 1. The highest BCUT2D eigenvalue weighted by Crippen LogP contribution is 2.33. The van der Waals surface area contributed by atoms with Crippen molar-refractivity contribution in [1.29, 1.82) is 0 Å². The zero-order valence-corrected chi connectivity index (χ0v) is 16.4. The molecule has 30 heavy (non-hydrogen) atoms. The van der Waals surface area contributed by atoms with Crippen molar-refractivity contribution in [1.82, 2.24) is 4.98 Å². The van der Waals surface area contributed by atoms with Crippen LogP contribution in [-0.4, -0.2) is 22.7 Å². The number of fused-ring (bicyclic) bond motifs is 1. The van der Waals surface area contributed by atoms with Gasteiger partial charge >= 0.3 is 5.97 Å². The second-order valence-electron chi connectivity index (χ2n) is 7.19. The van der Waals surface area contributed by atoms with Crippen molar-refractivity contribution in [3.8, 4) is 16.9 Å². The molecule has 0 aliphatic heterocycles. The third kappa shape index (κ3) is 4.51. The molecule has 0 saturated carbocycles. The van der Waals surface area contributed by atoms with Crippen LogP contribution in [0.1, 0.15) is 17.5 Å². The van der Waals surface area contributed by atoms with Crippen LogP contribution in [0.2, 0.25) is 0 Å². The minimum absolute atomic E-state index is 0.0732. The number of hydrogen-bond acceptors (Lipinski definition) is 2. The lowest BCUT2D eigenvalue weighted by Crippen LogP contribution is -2.04. The fraction of sp³-hybridized carbons (Fsp3) is 0.160. The molecule has 0 atom stereocenters. The average molecular weight is 403 g/mol. The van der Waals surface area contributed by atoms with Crippen LogP contribution in [0, 0.1) is 5.82 Å². The van der Waals surface area contributed by atoms with Gasteiger partial charge in [-0.05, 0) is 64.9 Å². The quantitative estimate of drug-likeness (QED) is 0.402. The number of carboxylic acids is 1.